The average molecular weight is 390 g/mol. The van der Waals surface area contributed by atoms with Crippen LogP contribution in [-0.4, -0.2) is 39.8 Å². The number of alkyl halides is 2. The number of benzene rings is 2. The molecule has 2 heterocycles. The molecule has 0 fully saturated rings. The first-order valence-corrected chi connectivity index (χ1v) is 8.03. The van der Waals surface area contributed by atoms with Crippen LogP contribution in [0, 0.1) is 0 Å². The van der Waals surface area contributed by atoms with Crippen LogP contribution >= 0.6 is 0 Å². The fourth-order valence-electron chi connectivity index (χ4n) is 2.57. The number of anilines is 1. The molecule has 4 rings (SSSR count). The molecule has 2 aromatic carbocycles. The lowest BCUT2D eigenvalue weighted by molar-refractivity contribution is -0.286. The van der Waals surface area contributed by atoms with Gasteiger partial charge >= 0.3 is 12.3 Å². The van der Waals surface area contributed by atoms with Crippen molar-refractivity contribution in [3.63, 3.8) is 0 Å². The first-order valence-electron chi connectivity index (χ1n) is 8.03. The first kappa shape index (κ1) is 17.6. The monoisotopic (exact) mass is 390 g/mol. The molecule has 0 saturated carbocycles. The van der Waals surface area contributed by atoms with Crippen molar-refractivity contribution < 1.29 is 32.6 Å². The van der Waals surface area contributed by atoms with Gasteiger partial charge in [0, 0.05) is 11.8 Å². The van der Waals surface area contributed by atoms with Crippen molar-refractivity contribution in [3.8, 4) is 11.5 Å². The number of hydrogen-bond donors (Lipinski definition) is 1. The second-order valence-electron chi connectivity index (χ2n) is 5.77. The Hall–Kier alpha value is -3.76. The number of fused-ring (bicyclic) bond motifs is 2. The summed E-state index contributed by atoms with van der Waals surface area (Å²) in [5.74, 6) is -1.69. The highest BCUT2D eigenvalue weighted by Crippen LogP contribution is 2.42. The van der Waals surface area contributed by atoms with Crippen LogP contribution in [0.4, 0.5) is 14.5 Å². The van der Waals surface area contributed by atoms with E-state index in [2.05, 4.69) is 25.1 Å². The Kier molecular flexibility index (Phi) is 4.26. The number of aromatic nitrogens is 3. The molecule has 0 spiro atoms. The largest absolute Gasteiger partial charge is 0.586 e. The lowest BCUT2D eigenvalue weighted by Crippen LogP contribution is -2.26. The maximum Gasteiger partial charge on any atom is 0.586 e. The van der Waals surface area contributed by atoms with Crippen LogP contribution in [0.5, 0.6) is 11.5 Å². The minimum Gasteiger partial charge on any atom is -0.454 e. The molecule has 0 atom stereocenters. The fourth-order valence-corrected chi connectivity index (χ4v) is 2.57. The molecule has 1 amide bonds. The number of carbonyl (C=O) groups is 2. The number of amides is 1. The first-order chi connectivity index (χ1) is 13.4. The van der Waals surface area contributed by atoms with E-state index in [1.165, 1.54) is 22.9 Å². The standard InChI is InChI=1S/C17H12F2N4O5/c18-17(19)27-13-6-5-10(7-14(13)28-17)20-15(24)9-26-16(25)8-23-12-4-2-1-3-11(12)21-22-23/h1-7H,8-9H2,(H,20,24). The van der Waals surface area contributed by atoms with Gasteiger partial charge in [0.25, 0.3) is 5.91 Å². The molecule has 28 heavy (non-hydrogen) atoms. The third kappa shape index (κ3) is 3.68. The smallest absolute Gasteiger partial charge is 0.454 e. The molecule has 0 unspecified atom stereocenters. The van der Waals surface area contributed by atoms with Crippen molar-refractivity contribution in [2.24, 2.45) is 0 Å². The van der Waals surface area contributed by atoms with Gasteiger partial charge in [-0.25, -0.2) is 4.68 Å². The van der Waals surface area contributed by atoms with Crippen molar-refractivity contribution in [1.29, 1.82) is 0 Å². The number of para-hydroxylation sites is 1. The third-order valence-corrected chi connectivity index (χ3v) is 3.75. The number of rotatable bonds is 5. The summed E-state index contributed by atoms with van der Waals surface area (Å²) in [6.07, 6.45) is -3.74. The van der Waals surface area contributed by atoms with Crippen molar-refractivity contribution in [2.45, 2.75) is 12.8 Å². The van der Waals surface area contributed by atoms with Gasteiger partial charge in [-0.05, 0) is 24.3 Å². The van der Waals surface area contributed by atoms with Gasteiger partial charge in [-0.1, -0.05) is 17.3 Å². The molecule has 1 aliphatic rings. The molecule has 0 bridgehead atoms. The SMILES string of the molecule is O=C(COC(=O)Cn1nnc2ccccc21)Nc1ccc2c(c1)OC(F)(F)O2. The molecule has 11 heteroatoms. The maximum atomic E-state index is 13.0. The molecule has 144 valence electrons. The summed E-state index contributed by atoms with van der Waals surface area (Å²) in [4.78, 5) is 23.8. The Morgan fingerprint density at radius 3 is 2.79 bits per heavy atom. The molecule has 0 saturated heterocycles. The summed E-state index contributed by atoms with van der Waals surface area (Å²) >= 11 is 0. The number of esters is 1. The van der Waals surface area contributed by atoms with Crippen LogP contribution in [0.2, 0.25) is 0 Å². The molecular weight excluding hydrogens is 378 g/mol. The maximum absolute atomic E-state index is 13.0. The van der Waals surface area contributed by atoms with E-state index in [4.69, 9.17) is 4.74 Å². The predicted octanol–water partition coefficient (Wildman–Crippen LogP) is 1.93. The van der Waals surface area contributed by atoms with E-state index < -0.39 is 24.8 Å². The second-order valence-corrected chi connectivity index (χ2v) is 5.77. The van der Waals surface area contributed by atoms with Gasteiger partial charge in [-0.2, -0.15) is 0 Å². The summed E-state index contributed by atoms with van der Waals surface area (Å²) in [6.45, 7) is -0.775. The van der Waals surface area contributed by atoms with Crippen LogP contribution in [0.3, 0.4) is 0 Å². The van der Waals surface area contributed by atoms with E-state index in [0.29, 0.717) is 11.0 Å². The van der Waals surface area contributed by atoms with Gasteiger partial charge in [0.05, 0.1) is 5.52 Å². The second kappa shape index (κ2) is 6.76. The van der Waals surface area contributed by atoms with E-state index in [1.807, 2.05) is 0 Å². The highest BCUT2D eigenvalue weighted by Gasteiger charge is 2.43. The molecule has 0 aliphatic carbocycles. The zero-order valence-electron chi connectivity index (χ0n) is 14.1. The molecular formula is C17H12F2N4O5. The summed E-state index contributed by atoms with van der Waals surface area (Å²) < 4.78 is 40.8. The summed E-state index contributed by atoms with van der Waals surface area (Å²) in [7, 11) is 0. The number of halogens is 2. The summed E-state index contributed by atoms with van der Waals surface area (Å²) in [5.41, 5.74) is 1.46. The van der Waals surface area contributed by atoms with Crippen molar-refractivity contribution in [1.82, 2.24) is 15.0 Å². The third-order valence-electron chi connectivity index (χ3n) is 3.75. The Labute approximate surface area is 155 Å². The Balaban J connectivity index is 1.31. The normalized spacial score (nSPS) is 14.1. The predicted molar refractivity (Wildman–Crippen MR) is 89.8 cm³/mol. The van der Waals surface area contributed by atoms with Crippen LogP contribution in [0.15, 0.2) is 42.5 Å². The number of carbonyl (C=O) groups excluding carboxylic acids is 2. The molecule has 0 radical (unpaired) electrons. The molecule has 1 aliphatic heterocycles. The van der Waals surface area contributed by atoms with Gasteiger partial charge in [0.2, 0.25) is 0 Å². The van der Waals surface area contributed by atoms with Gasteiger partial charge in [-0.15, -0.1) is 13.9 Å². The molecule has 9 nitrogen and oxygen atoms in total. The van der Waals surface area contributed by atoms with E-state index >= 15 is 0 Å². The van der Waals surface area contributed by atoms with Crippen molar-refractivity contribution in [2.75, 3.05) is 11.9 Å². The highest BCUT2D eigenvalue weighted by atomic mass is 19.3. The van der Waals surface area contributed by atoms with Crippen molar-refractivity contribution >= 4 is 28.6 Å². The minimum absolute atomic E-state index is 0.144. The topological polar surface area (TPSA) is 105 Å². The summed E-state index contributed by atoms with van der Waals surface area (Å²) in [5, 5.41) is 10.2. The lowest BCUT2D eigenvalue weighted by Gasteiger charge is -2.07. The van der Waals surface area contributed by atoms with E-state index in [1.54, 1.807) is 24.3 Å². The van der Waals surface area contributed by atoms with Gasteiger partial charge < -0.3 is 19.5 Å². The van der Waals surface area contributed by atoms with Crippen LogP contribution < -0.4 is 14.8 Å². The van der Waals surface area contributed by atoms with Crippen LogP contribution in [0.25, 0.3) is 11.0 Å². The average Bonchev–Trinajstić information content (AvgIpc) is 3.19. The number of ether oxygens (including phenoxy) is 3. The van der Waals surface area contributed by atoms with Crippen LogP contribution in [0.1, 0.15) is 0 Å². The van der Waals surface area contributed by atoms with Crippen molar-refractivity contribution in [3.05, 3.63) is 42.5 Å². The Morgan fingerprint density at radius 1 is 1.14 bits per heavy atom. The van der Waals surface area contributed by atoms with E-state index in [0.717, 1.165) is 0 Å². The van der Waals surface area contributed by atoms with Gasteiger partial charge in [0.1, 0.15) is 12.1 Å². The van der Waals surface area contributed by atoms with Gasteiger partial charge in [0.15, 0.2) is 18.1 Å². The number of hydrogen-bond acceptors (Lipinski definition) is 7. The Bertz CT molecular complexity index is 1070. The zero-order chi connectivity index (χ0) is 19.7. The molecule has 3 aromatic rings. The number of nitrogens with one attached hydrogen (secondary N) is 1. The Morgan fingerprint density at radius 2 is 1.93 bits per heavy atom. The zero-order valence-corrected chi connectivity index (χ0v) is 14.1. The van der Waals surface area contributed by atoms with E-state index in [9.17, 15) is 18.4 Å². The summed E-state index contributed by atoms with van der Waals surface area (Å²) in [6, 6.07) is 10.8. The minimum atomic E-state index is -3.74. The van der Waals surface area contributed by atoms with Crippen LogP contribution in [-0.2, 0) is 20.9 Å². The quantitative estimate of drug-likeness (QED) is 0.664. The highest BCUT2D eigenvalue weighted by molar-refractivity contribution is 5.93. The molecule has 1 aromatic heterocycles. The van der Waals surface area contributed by atoms with E-state index in [-0.39, 0.29) is 23.7 Å². The van der Waals surface area contributed by atoms with Gasteiger partial charge in [-0.3, -0.25) is 9.59 Å². The molecule has 1 N–H and O–H groups in total. The lowest BCUT2D eigenvalue weighted by atomic mass is 10.3. The number of nitrogens with zero attached hydrogens (tertiary/aromatic N) is 3. The fraction of sp³-hybridized carbons (Fsp3) is 0.176.